The third-order valence-corrected chi connectivity index (χ3v) is 5.75. The summed E-state index contributed by atoms with van der Waals surface area (Å²) >= 11 is 12.2. The Morgan fingerprint density at radius 3 is 2.41 bits per heavy atom. The second-order valence-corrected chi connectivity index (χ2v) is 8.65. The molecule has 3 N–H and O–H groups in total. The van der Waals surface area contributed by atoms with Crippen molar-refractivity contribution in [2.24, 2.45) is 0 Å². The third kappa shape index (κ3) is 5.96. The Hall–Kier alpha value is -3.39. The van der Waals surface area contributed by atoms with Gasteiger partial charge in [0.1, 0.15) is 6.54 Å². The number of benzene rings is 2. The summed E-state index contributed by atoms with van der Waals surface area (Å²) in [5.74, 6) is 0.204. The number of halogens is 5. The van der Waals surface area contributed by atoms with Gasteiger partial charge in [0, 0.05) is 17.1 Å². The maximum atomic E-state index is 13.1. The third-order valence-electron chi connectivity index (χ3n) is 5.18. The quantitative estimate of drug-likeness (QED) is 0.289. The van der Waals surface area contributed by atoms with Crippen LogP contribution in [0.3, 0.4) is 0 Å². The number of alkyl halides is 3. The first-order chi connectivity index (χ1) is 17.6. The molecular weight excluding hydrogens is 538 g/mol. The van der Waals surface area contributed by atoms with Crippen LogP contribution in [0, 0.1) is 0 Å². The molecule has 10 nitrogen and oxygen atoms in total. The molecule has 2 heterocycles. The predicted octanol–water partition coefficient (Wildman–Crippen LogP) is 2.98. The van der Waals surface area contributed by atoms with Crippen LogP contribution < -0.4 is 11.0 Å². The summed E-state index contributed by atoms with van der Waals surface area (Å²) in [6, 6.07) is 12.8. The number of hydrogen-bond acceptors (Lipinski definition) is 7. The van der Waals surface area contributed by atoms with E-state index in [0.29, 0.717) is 21.3 Å². The van der Waals surface area contributed by atoms with E-state index in [1.165, 1.54) is 28.9 Å². The summed E-state index contributed by atoms with van der Waals surface area (Å²) in [6.07, 6.45) is -7.73. The molecule has 0 unspecified atom stereocenters. The van der Waals surface area contributed by atoms with Crippen LogP contribution in [0.15, 0.2) is 53.3 Å². The lowest BCUT2D eigenvalue weighted by molar-refractivity contribution is -0.207. The number of aromatic nitrogens is 6. The van der Waals surface area contributed by atoms with Crippen LogP contribution in [0.25, 0.3) is 17.1 Å². The van der Waals surface area contributed by atoms with Gasteiger partial charge in [-0.2, -0.15) is 22.8 Å². The molecule has 0 bridgehead atoms. The maximum Gasteiger partial charge on any atom is 0.416 e. The largest absolute Gasteiger partial charge is 0.416 e. The summed E-state index contributed by atoms with van der Waals surface area (Å²) in [5, 5.41) is 31.0. The Labute approximate surface area is 217 Å². The number of para-hydroxylation sites is 1. The Bertz CT molecular complexity index is 1430. The molecule has 0 aliphatic carbocycles. The molecule has 15 heteroatoms. The van der Waals surface area contributed by atoms with Crippen molar-refractivity contribution >= 4 is 29.2 Å². The molecule has 0 fully saturated rings. The van der Waals surface area contributed by atoms with Crippen molar-refractivity contribution < 1.29 is 23.4 Å². The zero-order valence-corrected chi connectivity index (χ0v) is 20.4. The van der Waals surface area contributed by atoms with Crippen molar-refractivity contribution in [3.8, 4) is 17.1 Å². The van der Waals surface area contributed by atoms with Crippen LogP contribution in [0.4, 0.5) is 19.1 Å². The van der Waals surface area contributed by atoms with Gasteiger partial charge in [-0.3, -0.25) is 4.57 Å². The van der Waals surface area contributed by atoms with E-state index in [0.717, 1.165) is 9.25 Å². The number of aliphatic hydroxyl groups excluding tert-OH is 2. The minimum atomic E-state index is -4.94. The van der Waals surface area contributed by atoms with Gasteiger partial charge in [0.05, 0.1) is 23.9 Å². The molecule has 2 aromatic carbocycles. The molecule has 1 atom stereocenters. The molecule has 196 valence electrons. The second kappa shape index (κ2) is 10.9. The lowest BCUT2D eigenvalue weighted by atomic mass is 10.2. The number of nitrogens with zero attached hydrogens (tertiary/aromatic N) is 6. The van der Waals surface area contributed by atoms with E-state index in [4.69, 9.17) is 23.2 Å². The van der Waals surface area contributed by atoms with Gasteiger partial charge in [-0.25, -0.2) is 9.48 Å². The molecule has 4 aromatic rings. The number of aliphatic hydroxyl groups is 2. The van der Waals surface area contributed by atoms with Gasteiger partial charge in [0.15, 0.2) is 17.8 Å². The summed E-state index contributed by atoms with van der Waals surface area (Å²) in [6.45, 7) is -1.42. The molecule has 4 rings (SSSR count). The fraction of sp³-hybridized carbons (Fsp3) is 0.273. The highest BCUT2D eigenvalue weighted by atomic mass is 35.5. The average Bonchev–Trinajstić information content (AvgIpc) is 3.39. The molecular formula is C22H20Cl2F3N7O3. The number of nitrogens with one attached hydrogen (secondary N) is 1. The highest BCUT2D eigenvalue weighted by Gasteiger charge is 2.39. The fourth-order valence-electron chi connectivity index (χ4n) is 3.43. The molecule has 0 radical (unpaired) electrons. The maximum absolute atomic E-state index is 13.1. The summed E-state index contributed by atoms with van der Waals surface area (Å²) in [4.78, 5) is 17.5. The van der Waals surface area contributed by atoms with E-state index in [-0.39, 0.29) is 37.3 Å². The average molecular weight is 558 g/mol. The Morgan fingerprint density at radius 1 is 1.05 bits per heavy atom. The standard InChI is InChI=1S/C22H20Cl2F3N7O3/c23-14-7-5-13(6-8-14)19-31-33(21(37)32(19)11-17(36)22(25,26)27)12-18-29-20(28-9-10-35)34(30-18)16-4-2-1-3-15(16)24/h1-8,17,35-36H,9-12H2,(H,28,29,30)/t17-/m0/s1. The normalized spacial score (nSPS) is 12.6. The zero-order chi connectivity index (χ0) is 26.7. The second-order valence-electron chi connectivity index (χ2n) is 7.80. The van der Waals surface area contributed by atoms with Gasteiger partial charge < -0.3 is 15.5 Å². The monoisotopic (exact) mass is 557 g/mol. The predicted molar refractivity (Wildman–Crippen MR) is 130 cm³/mol. The molecule has 0 aliphatic heterocycles. The van der Waals surface area contributed by atoms with Gasteiger partial charge in [-0.05, 0) is 36.4 Å². The molecule has 0 spiro atoms. The number of rotatable bonds is 9. The van der Waals surface area contributed by atoms with Gasteiger partial charge in [0.25, 0.3) is 0 Å². The fourth-order valence-corrected chi connectivity index (χ4v) is 3.77. The minimum Gasteiger partial charge on any atom is -0.395 e. The van der Waals surface area contributed by atoms with E-state index >= 15 is 0 Å². The topological polar surface area (TPSA) is 123 Å². The van der Waals surface area contributed by atoms with E-state index in [1.54, 1.807) is 24.3 Å². The van der Waals surface area contributed by atoms with E-state index < -0.39 is 24.5 Å². The van der Waals surface area contributed by atoms with Gasteiger partial charge in [0.2, 0.25) is 5.95 Å². The smallest absolute Gasteiger partial charge is 0.395 e. The van der Waals surface area contributed by atoms with Crippen molar-refractivity contribution in [1.82, 2.24) is 29.1 Å². The van der Waals surface area contributed by atoms with Crippen molar-refractivity contribution in [3.05, 3.63) is 74.9 Å². The lowest BCUT2D eigenvalue weighted by Crippen LogP contribution is -2.37. The van der Waals surface area contributed by atoms with E-state index in [1.807, 2.05) is 0 Å². The zero-order valence-electron chi connectivity index (χ0n) is 18.9. The van der Waals surface area contributed by atoms with E-state index in [9.17, 15) is 28.2 Å². The molecule has 0 saturated carbocycles. The minimum absolute atomic E-state index is 0.0890. The van der Waals surface area contributed by atoms with Crippen molar-refractivity contribution in [2.45, 2.75) is 25.4 Å². The highest BCUT2D eigenvalue weighted by molar-refractivity contribution is 6.32. The SMILES string of the molecule is O=c1n(Cc2nc(NCCO)n(-c3ccccc3Cl)n2)nc(-c2ccc(Cl)cc2)n1C[C@H](O)C(F)(F)F. The molecule has 0 aliphatic rings. The van der Waals surface area contributed by atoms with Crippen LogP contribution >= 0.6 is 23.2 Å². The van der Waals surface area contributed by atoms with Crippen LogP contribution in [0.2, 0.25) is 10.0 Å². The Morgan fingerprint density at radius 2 is 1.76 bits per heavy atom. The summed E-state index contributed by atoms with van der Waals surface area (Å²) in [7, 11) is 0. The molecule has 2 aromatic heterocycles. The van der Waals surface area contributed by atoms with Crippen molar-refractivity contribution in [2.75, 3.05) is 18.5 Å². The molecule has 0 amide bonds. The number of hydrogen-bond donors (Lipinski definition) is 3. The summed E-state index contributed by atoms with van der Waals surface area (Å²) < 4.78 is 42.3. The molecule has 0 saturated heterocycles. The Kier molecular flexibility index (Phi) is 7.87. The van der Waals surface area contributed by atoms with E-state index in [2.05, 4.69) is 20.5 Å². The first-order valence-electron chi connectivity index (χ1n) is 10.8. The van der Waals surface area contributed by atoms with Crippen LogP contribution in [0.5, 0.6) is 0 Å². The summed E-state index contributed by atoms with van der Waals surface area (Å²) in [5.41, 5.74) is -0.127. The first kappa shape index (κ1) is 26.7. The van der Waals surface area contributed by atoms with Gasteiger partial charge >= 0.3 is 11.9 Å². The lowest BCUT2D eigenvalue weighted by Gasteiger charge is -2.15. The van der Waals surface area contributed by atoms with Crippen LogP contribution in [-0.2, 0) is 13.1 Å². The Balaban J connectivity index is 1.76. The molecule has 37 heavy (non-hydrogen) atoms. The van der Waals surface area contributed by atoms with Crippen LogP contribution in [0.1, 0.15) is 5.82 Å². The first-order valence-corrected chi connectivity index (χ1v) is 11.6. The highest BCUT2D eigenvalue weighted by Crippen LogP contribution is 2.25. The van der Waals surface area contributed by atoms with Crippen molar-refractivity contribution in [3.63, 3.8) is 0 Å². The van der Waals surface area contributed by atoms with Gasteiger partial charge in [-0.15, -0.1) is 10.2 Å². The van der Waals surface area contributed by atoms with Crippen molar-refractivity contribution in [1.29, 1.82) is 0 Å². The van der Waals surface area contributed by atoms with Crippen LogP contribution in [-0.4, -0.2) is 64.8 Å². The number of anilines is 1. The van der Waals surface area contributed by atoms with Gasteiger partial charge in [-0.1, -0.05) is 35.3 Å².